The highest BCUT2D eigenvalue weighted by Gasteiger charge is 2.16. The van der Waals surface area contributed by atoms with Crippen LogP contribution in [0.25, 0.3) is 0 Å². The molecule has 110 valence electrons. The number of amidine groups is 1. The minimum atomic E-state index is -0.115. The molecule has 1 amide bonds. The molecular formula is C14H17N5O2. The average molecular weight is 287 g/mol. The first-order chi connectivity index (χ1) is 10.0. The summed E-state index contributed by atoms with van der Waals surface area (Å²) >= 11 is 0. The quantitative estimate of drug-likeness (QED) is 0.338. The van der Waals surface area contributed by atoms with Crippen molar-refractivity contribution >= 4 is 11.7 Å². The van der Waals surface area contributed by atoms with Crippen LogP contribution in [0.3, 0.4) is 0 Å². The molecule has 2 aromatic rings. The molecule has 0 atom stereocenters. The van der Waals surface area contributed by atoms with E-state index in [1.165, 1.54) is 6.20 Å². The summed E-state index contributed by atoms with van der Waals surface area (Å²) < 4.78 is 0. The maximum Gasteiger partial charge on any atom is 0.257 e. The van der Waals surface area contributed by atoms with Gasteiger partial charge >= 0.3 is 0 Å². The monoisotopic (exact) mass is 287 g/mol. The largest absolute Gasteiger partial charge is 0.409 e. The van der Waals surface area contributed by atoms with Gasteiger partial charge in [0.15, 0.2) is 5.84 Å². The molecule has 1 heterocycles. The van der Waals surface area contributed by atoms with E-state index in [2.05, 4.69) is 15.4 Å². The lowest BCUT2D eigenvalue weighted by Gasteiger charge is -2.17. The zero-order valence-corrected chi connectivity index (χ0v) is 11.9. The lowest BCUT2D eigenvalue weighted by atomic mass is 10.1. The Balaban J connectivity index is 2.15. The number of hydrogen-bond donors (Lipinski definition) is 3. The molecule has 0 saturated heterocycles. The Hall–Kier alpha value is -2.83. The van der Waals surface area contributed by atoms with E-state index in [1.54, 1.807) is 37.1 Å². The van der Waals surface area contributed by atoms with Crippen LogP contribution in [-0.4, -0.2) is 39.1 Å². The van der Waals surface area contributed by atoms with E-state index in [-0.39, 0.29) is 11.7 Å². The molecule has 2 rings (SSSR count). The third kappa shape index (κ3) is 3.19. The molecule has 0 bridgehead atoms. The fourth-order valence-corrected chi connectivity index (χ4v) is 2.00. The zero-order valence-electron chi connectivity index (χ0n) is 11.9. The van der Waals surface area contributed by atoms with Gasteiger partial charge in [-0.1, -0.05) is 23.4 Å². The van der Waals surface area contributed by atoms with Crippen molar-refractivity contribution < 1.29 is 10.0 Å². The van der Waals surface area contributed by atoms with Gasteiger partial charge in [-0.05, 0) is 18.6 Å². The first-order valence-electron chi connectivity index (χ1n) is 6.35. The van der Waals surface area contributed by atoms with E-state index in [9.17, 15) is 4.79 Å². The molecule has 0 spiro atoms. The number of H-pyrrole nitrogens is 1. The summed E-state index contributed by atoms with van der Waals surface area (Å²) in [6.45, 7) is 2.21. The summed E-state index contributed by atoms with van der Waals surface area (Å²) in [4.78, 5) is 13.9. The van der Waals surface area contributed by atoms with Gasteiger partial charge in [0.1, 0.15) is 0 Å². The van der Waals surface area contributed by atoms with Crippen LogP contribution < -0.4 is 5.73 Å². The lowest BCUT2D eigenvalue weighted by Crippen LogP contribution is -2.26. The van der Waals surface area contributed by atoms with Gasteiger partial charge in [0.2, 0.25) is 0 Å². The van der Waals surface area contributed by atoms with Crippen molar-refractivity contribution in [3.63, 3.8) is 0 Å². The Morgan fingerprint density at radius 2 is 2.29 bits per heavy atom. The molecular weight excluding hydrogens is 270 g/mol. The van der Waals surface area contributed by atoms with Crippen molar-refractivity contribution in [1.29, 1.82) is 0 Å². The third-order valence-electron chi connectivity index (χ3n) is 3.16. The highest BCUT2D eigenvalue weighted by Crippen LogP contribution is 2.11. The third-order valence-corrected chi connectivity index (χ3v) is 3.16. The van der Waals surface area contributed by atoms with Gasteiger partial charge in [-0.2, -0.15) is 5.10 Å². The number of nitrogens with one attached hydrogen (secondary N) is 1. The van der Waals surface area contributed by atoms with Crippen molar-refractivity contribution in [3.8, 4) is 0 Å². The number of nitrogens with two attached hydrogens (primary N) is 1. The molecule has 1 aromatic heterocycles. The van der Waals surface area contributed by atoms with Gasteiger partial charge in [-0.3, -0.25) is 9.89 Å². The fourth-order valence-electron chi connectivity index (χ4n) is 2.00. The van der Waals surface area contributed by atoms with E-state index in [0.717, 1.165) is 11.3 Å². The highest BCUT2D eigenvalue weighted by molar-refractivity contribution is 5.97. The van der Waals surface area contributed by atoms with Crippen LogP contribution in [0.1, 0.15) is 27.2 Å². The molecule has 0 radical (unpaired) electrons. The maximum absolute atomic E-state index is 12.3. The zero-order chi connectivity index (χ0) is 15.4. The smallest absolute Gasteiger partial charge is 0.257 e. The van der Waals surface area contributed by atoms with E-state index in [1.807, 2.05) is 6.07 Å². The van der Waals surface area contributed by atoms with Crippen LogP contribution in [0.5, 0.6) is 0 Å². The van der Waals surface area contributed by atoms with Crippen molar-refractivity contribution in [2.75, 3.05) is 7.05 Å². The van der Waals surface area contributed by atoms with Gasteiger partial charge in [-0.25, -0.2) is 0 Å². The second-order valence-electron chi connectivity index (χ2n) is 4.76. The van der Waals surface area contributed by atoms with E-state index in [4.69, 9.17) is 10.9 Å². The number of benzene rings is 1. The SMILES string of the molecule is Cc1[nH]ncc1C(=O)N(C)Cc1cccc(C(N)=NO)c1. The van der Waals surface area contributed by atoms with Crippen molar-refractivity contribution in [2.45, 2.75) is 13.5 Å². The fraction of sp³-hybridized carbons (Fsp3) is 0.214. The van der Waals surface area contributed by atoms with Crippen LogP contribution in [0.2, 0.25) is 0 Å². The van der Waals surface area contributed by atoms with Gasteiger partial charge in [0.25, 0.3) is 5.91 Å². The van der Waals surface area contributed by atoms with Crippen molar-refractivity contribution in [2.24, 2.45) is 10.9 Å². The molecule has 0 unspecified atom stereocenters. The second-order valence-corrected chi connectivity index (χ2v) is 4.76. The molecule has 1 aromatic carbocycles. The number of aryl methyl sites for hydroxylation is 1. The highest BCUT2D eigenvalue weighted by atomic mass is 16.4. The van der Waals surface area contributed by atoms with Gasteiger partial charge < -0.3 is 15.8 Å². The molecule has 21 heavy (non-hydrogen) atoms. The minimum absolute atomic E-state index is 0.0384. The number of nitrogens with zero attached hydrogens (tertiary/aromatic N) is 3. The summed E-state index contributed by atoms with van der Waals surface area (Å²) in [5.74, 6) is -0.0769. The Kier molecular flexibility index (Phi) is 4.22. The van der Waals surface area contributed by atoms with Gasteiger partial charge in [-0.15, -0.1) is 0 Å². The Labute approximate surface area is 122 Å². The van der Waals surface area contributed by atoms with Gasteiger partial charge in [0.05, 0.1) is 11.8 Å². The maximum atomic E-state index is 12.3. The normalized spacial score (nSPS) is 11.4. The number of carbonyl (C=O) groups excluding carboxylic acids is 1. The number of aromatic nitrogens is 2. The number of amides is 1. The minimum Gasteiger partial charge on any atom is -0.409 e. The van der Waals surface area contributed by atoms with Crippen LogP contribution in [0.15, 0.2) is 35.6 Å². The topological polar surface area (TPSA) is 108 Å². The summed E-state index contributed by atoms with van der Waals surface area (Å²) in [6, 6.07) is 7.19. The number of oxime groups is 1. The lowest BCUT2D eigenvalue weighted by molar-refractivity contribution is 0.0784. The molecule has 7 nitrogen and oxygen atoms in total. The van der Waals surface area contributed by atoms with E-state index < -0.39 is 0 Å². The number of hydrogen-bond acceptors (Lipinski definition) is 4. The predicted octanol–water partition coefficient (Wildman–Crippen LogP) is 1.08. The molecule has 0 saturated carbocycles. The van der Waals surface area contributed by atoms with Gasteiger partial charge in [0, 0.05) is 24.8 Å². The van der Waals surface area contributed by atoms with Crippen molar-refractivity contribution in [3.05, 3.63) is 52.8 Å². The van der Waals surface area contributed by atoms with Crippen LogP contribution in [0.4, 0.5) is 0 Å². The standard InChI is InChI=1S/C14H17N5O2/c1-9-12(7-16-17-9)14(20)19(2)8-10-4-3-5-11(6-10)13(15)18-21/h3-7,21H,8H2,1-2H3,(H2,15,18)(H,16,17). The first kappa shape index (κ1) is 14.6. The summed E-state index contributed by atoms with van der Waals surface area (Å²) in [6.07, 6.45) is 1.51. The Morgan fingerprint density at radius 1 is 1.52 bits per heavy atom. The summed E-state index contributed by atoms with van der Waals surface area (Å²) in [5, 5.41) is 18.3. The van der Waals surface area contributed by atoms with E-state index >= 15 is 0 Å². The summed E-state index contributed by atoms with van der Waals surface area (Å²) in [7, 11) is 1.71. The number of aromatic amines is 1. The van der Waals surface area contributed by atoms with Crippen LogP contribution in [-0.2, 0) is 6.54 Å². The molecule has 0 aliphatic heterocycles. The molecule has 0 aliphatic rings. The van der Waals surface area contributed by atoms with Crippen LogP contribution >= 0.6 is 0 Å². The Bertz CT molecular complexity index is 678. The summed E-state index contributed by atoms with van der Waals surface area (Å²) in [5.41, 5.74) is 8.33. The molecule has 0 fully saturated rings. The second kappa shape index (κ2) is 6.08. The Morgan fingerprint density at radius 3 is 2.90 bits per heavy atom. The number of rotatable bonds is 4. The van der Waals surface area contributed by atoms with Crippen molar-refractivity contribution in [1.82, 2.24) is 15.1 Å². The average Bonchev–Trinajstić information content (AvgIpc) is 2.92. The molecule has 4 N–H and O–H groups in total. The molecule has 7 heteroatoms. The van der Waals surface area contributed by atoms with E-state index in [0.29, 0.717) is 17.7 Å². The predicted molar refractivity (Wildman–Crippen MR) is 78.1 cm³/mol. The molecule has 0 aliphatic carbocycles. The number of carbonyl (C=O) groups is 1. The van der Waals surface area contributed by atoms with Crippen LogP contribution in [0, 0.1) is 6.92 Å². The first-order valence-corrected chi connectivity index (χ1v) is 6.35.